The lowest BCUT2D eigenvalue weighted by Gasteiger charge is -2.25. The number of carbonyl (C=O) groups excluding carboxylic acids is 1. The van der Waals surface area contributed by atoms with E-state index >= 15 is 0 Å². The van der Waals surface area contributed by atoms with Gasteiger partial charge in [-0.25, -0.2) is 4.39 Å². The Kier molecular flexibility index (Phi) is 5.52. The number of fused-ring (bicyclic) bond motifs is 1. The number of rotatable bonds is 5. The van der Waals surface area contributed by atoms with Gasteiger partial charge in [0, 0.05) is 35.7 Å². The van der Waals surface area contributed by atoms with E-state index in [1.54, 1.807) is 49.5 Å². The fourth-order valence-electron chi connectivity index (χ4n) is 3.46. The van der Waals surface area contributed by atoms with Crippen molar-refractivity contribution in [3.63, 3.8) is 0 Å². The molecule has 1 aliphatic heterocycles. The largest absolute Gasteiger partial charge is 0.497 e. The summed E-state index contributed by atoms with van der Waals surface area (Å²) < 4.78 is 29.3. The Balaban J connectivity index is 1.54. The summed E-state index contributed by atoms with van der Waals surface area (Å²) in [6.45, 7) is 0.921. The standard InChI is InChI=1S/C23H21FN2O4/c1-28-18-8-9-21(29-2)16(13-18)5-10-22(27)26-12-11-20-19(14-26)23(30-25-20)15-3-6-17(24)7-4-15/h3-10,13H,11-12,14H2,1-2H3/b10-5+. The van der Waals surface area contributed by atoms with Crippen LogP contribution in [0, 0.1) is 5.82 Å². The van der Waals surface area contributed by atoms with Gasteiger partial charge in [-0.1, -0.05) is 5.16 Å². The number of hydrogen-bond acceptors (Lipinski definition) is 5. The number of hydrogen-bond donors (Lipinski definition) is 0. The molecule has 2 aromatic carbocycles. The second kappa shape index (κ2) is 8.41. The molecule has 0 saturated heterocycles. The van der Waals surface area contributed by atoms with Crippen molar-refractivity contribution >= 4 is 12.0 Å². The maximum atomic E-state index is 13.2. The minimum absolute atomic E-state index is 0.128. The maximum absolute atomic E-state index is 13.2. The van der Waals surface area contributed by atoms with Crippen molar-refractivity contribution < 1.29 is 23.2 Å². The minimum atomic E-state index is -0.318. The van der Waals surface area contributed by atoms with E-state index in [0.29, 0.717) is 36.8 Å². The predicted molar refractivity (Wildman–Crippen MR) is 110 cm³/mol. The van der Waals surface area contributed by atoms with E-state index in [-0.39, 0.29) is 11.7 Å². The molecule has 30 heavy (non-hydrogen) atoms. The minimum Gasteiger partial charge on any atom is -0.497 e. The zero-order valence-corrected chi connectivity index (χ0v) is 16.7. The zero-order valence-electron chi connectivity index (χ0n) is 16.7. The van der Waals surface area contributed by atoms with Gasteiger partial charge < -0.3 is 18.9 Å². The number of amides is 1. The number of nitrogens with zero attached hydrogens (tertiary/aromatic N) is 2. The molecule has 4 rings (SSSR count). The van der Waals surface area contributed by atoms with Gasteiger partial charge in [-0.05, 0) is 48.5 Å². The van der Waals surface area contributed by atoms with Crippen LogP contribution in [0.4, 0.5) is 4.39 Å². The molecule has 2 heterocycles. The van der Waals surface area contributed by atoms with Gasteiger partial charge in [0.15, 0.2) is 5.76 Å². The molecule has 0 N–H and O–H groups in total. The third kappa shape index (κ3) is 3.91. The van der Waals surface area contributed by atoms with E-state index in [9.17, 15) is 9.18 Å². The van der Waals surface area contributed by atoms with Gasteiger partial charge in [0.25, 0.3) is 0 Å². The SMILES string of the molecule is COc1ccc(OC)c(/C=C/C(=O)N2CCc3noc(-c4ccc(F)cc4)c3C2)c1. The van der Waals surface area contributed by atoms with E-state index in [2.05, 4.69) is 5.16 Å². The molecule has 1 aliphatic rings. The Labute approximate surface area is 173 Å². The summed E-state index contributed by atoms with van der Waals surface area (Å²) in [4.78, 5) is 14.5. The Morgan fingerprint density at radius 2 is 1.97 bits per heavy atom. The van der Waals surface area contributed by atoms with E-state index in [4.69, 9.17) is 14.0 Å². The van der Waals surface area contributed by atoms with Gasteiger partial charge in [-0.3, -0.25) is 4.79 Å². The highest BCUT2D eigenvalue weighted by Crippen LogP contribution is 2.31. The van der Waals surface area contributed by atoms with Gasteiger partial charge in [0.05, 0.1) is 26.5 Å². The molecule has 0 radical (unpaired) electrons. The van der Waals surface area contributed by atoms with Crippen LogP contribution in [0.15, 0.2) is 53.1 Å². The topological polar surface area (TPSA) is 64.8 Å². The van der Waals surface area contributed by atoms with Gasteiger partial charge in [-0.15, -0.1) is 0 Å². The van der Waals surface area contributed by atoms with Crippen LogP contribution >= 0.6 is 0 Å². The smallest absolute Gasteiger partial charge is 0.246 e. The summed E-state index contributed by atoms with van der Waals surface area (Å²) in [5, 5.41) is 4.13. The Morgan fingerprint density at radius 3 is 2.70 bits per heavy atom. The second-order valence-corrected chi connectivity index (χ2v) is 6.89. The van der Waals surface area contributed by atoms with E-state index < -0.39 is 0 Å². The lowest BCUT2D eigenvalue weighted by molar-refractivity contribution is -0.126. The van der Waals surface area contributed by atoms with Crippen LogP contribution in [-0.2, 0) is 17.8 Å². The molecule has 0 aliphatic carbocycles. The molecule has 7 heteroatoms. The second-order valence-electron chi connectivity index (χ2n) is 6.89. The first-order valence-electron chi connectivity index (χ1n) is 9.51. The summed E-state index contributed by atoms with van der Waals surface area (Å²) in [7, 11) is 3.17. The van der Waals surface area contributed by atoms with Crippen LogP contribution in [0.25, 0.3) is 17.4 Å². The molecule has 0 spiro atoms. The summed E-state index contributed by atoms with van der Waals surface area (Å²) in [5.74, 6) is 1.46. The molecule has 0 bridgehead atoms. The molecule has 154 valence electrons. The van der Waals surface area contributed by atoms with Crippen molar-refractivity contribution in [2.75, 3.05) is 20.8 Å². The average Bonchev–Trinajstić information content (AvgIpc) is 3.21. The predicted octanol–water partition coefficient (Wildman–Crippen LogP) is 4.10. The molecule has 6 nitrogen and oxygen atoms in total. The van der Waals surface area contributed by atoms with Gasteiger partial charge in [-0.2, -0.15) is 0 Å². The molecule has 0 fully saturated rings. The number of ether oxygens (including phenoxy) is 2. The van der Waals surface area contributed by atoms with Crippen LogP contribution in [0.1, 0.15) is 16.8 Å². The van der Waals surface area contributed by atoms with Crippen molar-refractivity contribution in [3.8, 4) is 22.8 Å². The third-order valence-electron chi connectivity index (χ3n) is 5.10. The maximum Gasteiger partial charge on any atom is 0.246 e. The Morgan fingerprint density at radius 1 is 1.17 bits per heavy atom. The van der Waals surface area contributed by atoms with Crippen LogP contribution in [0.2, 0.25) is 0 Å². The van der Waals surface area contributed by atoms with Crippen molar-refractivity contribution in [2.24, 2.45) is 0 Å². The lowest BCUT2D eigenvalue weighted by atomic mass is 10.0. The van der Waals surface area contributed by atoms with Gasteiger partial charge in [0.2, 0.25) is 5.91 Å². The van der Waals surface area contributed by atoms with Crippen LogP contribution in [0.5, 0.6) is 11.5 Å². The highest BCUT2D eigenvalue weighted by atomic mass is 19.1. The molecular weight excluding hydrogens is 387 g/mol. The third-order valence-corrected chi connectivity index (χ3v) is 5.10. The van der Waals surface area contributed by atoms with Crippen molar-refractivity contribution in [2.45, 2.75) is 13.0 Å². The van der Waals surface area contributed by atoms with Gasteiger partial charge in [0.1, 0.15) is 17.3 Å². The number of carbonyl (C=O) groups is 1. The molecule has 0 unspecified atom stereocenters. The van der Waals surface area contributed by atoms with E-state index in [1.165, 1.54) is 18.2 Å². The first-order chi connectivity index (χ1) is 14.6. The van der Waals surface area contributed by atoms with Crippen molar-refractivity contribution in [1.29, 1.82) is 0 Å². The Bertz CT molecular complexity index is 1090. The molecule has 1 amide bonds. The monoisotopic (exact) mass is 408 g/mol. The van der Waals surface area contributed by atoms with Gasteiger partial charge >= 0.3 is 0 Å². The van der Waals surface area contributed by atoms with Crippen LogP contribution in [-0.4, -0.2) is 36.7 Å². The van der Waals surface area contributed by atoms with Crippen molar-refractivity contribution in [1.82, 2.24) is 10.1 Å². The fourth-order valence-corrected chi connectivity index (χ4v) is 3.46. The van der Waals surface area contributed by atoms with Crippen LogP contribution in [0.3, 0.4) is 0 Å². The first kappa shape index (κ1) is 19.7. The summed E-state index contributed by atoms with van der Waals surface area (Å²) >= 11 is 0. The number of methoxy groups -OCH3 is 2. The summed E-state index contributed by atoms with van der Waals surface area (Å²) in [6.07, 6.45) is 3.84. The quantitative estimate of drug-likeness (QED) is 0.595. The first-order valence-corrected chi connectivity index (χ1v) is 9.51. The molecular formula is C23H21FN2O4. The normalized spacial score (nSPS) is 13.4. The molecule has 0 saturated carbocycles. The Hall–Kier alpha value is -3.61. The zero-order chi connectivity index (χ0) is 21.1. The number of benzene rings is 2. The highest BCUT2D eigenvalue weighted by Gasteiger charge is 2.26. The van der Waals surface area contributed by atoms with E-state index in [0.717, 1.165) is 22.4 Å². The van der Waals surface area contributed by atoms with Crippen molar-refractivity contribution in [3.05, 3.63) is 71.2 Å². The van der Waals surface area contributed by atoms with Crippen LogP contribution < -0.4 is 9.47 Å². The number of halogens is 1. The van der Waals surface area contributed by atoms with E-state index in [1.807, 2.05) is 6.07 Å². The molecule has 3 aromatic rings. The number of aromatic nitrogens is 1. The lowest BCUT2D eigenvalue weighted by Crippen LogP contribution is -2.34. The molecule has 0 atom stereocenters. The highest BCUT2D eigenvalue weighted by molar-refractivity contribution is 5.92. The summed E-state index contributed by atoms with van der Waals surface area (Å²) in [6, 6.07) is 11.4. The molecule has 1 aromatic heterocycles. The summed E-state index contributed by atoms with van der Waals surface area (Å²) in [5.41, 5.74) is 3.17. The fraction of sp³-hybridized carbons (Fsp3) is 0.217. The average molecular weight is 408 g/mol.